The summed E-state index contributed by atoms with van der Waals surface area (Å²) in [4.78, 5) is 45.7. The fourth-order valence-corrected chi connectivity index (χ4v) is 5.61. The van der Waals surface area contributed by atoms with E-state index in [9.17, 15) is 14.4 Å². The SMILES string of the molecule is CCO[C@H]1CN(C(=O)[C@H](CC(C)C)NC(=O)c2ccc(N3CCN(CCOC)CC3)cc2)[C@@H]2C(=O)CO[C@H]12. The second-order valence-electron chi connectivity index (χ2n) is 10.7. The van der Waals surface area contributed by atoms with Crippen LogP contribution in [0.5, 0.6) is 0 Å². The lowest BCUT2D eigenvalue weighted by Gasteiger charge is -2.36. The molecule has 0 aromatic heterocycles. The van der Waals surface area contributed by atoms with Crippen LogP contribution in [0.2, 0.25) is 0 Å². The Morgan fingerprint density at radius 1 is 1.13 bits per heavy atom. The average molecular weight is 531 g/mol. The lowest BCUT2D eigenvalue weighted by atomic mass is 10.0. The van der Waals surface area contributed by atoms with Gasteiger partial charge < -0.3 is 29.3 Å². The van der Waals surface area contributed by atoms with Gasteiger partial charge in [0.1, 0.15) is 30.9 Å². The van der Waals surface area contributed by atoms with Crippen molar-refractivity contribution in [2.24, 2.45) is 5.92 Å². The van der Waals surface area contributed by atoms with Crippen molar-refractivity contribution >= 4 is 23.3 Å². The van der Waals surface area contributed by atoms with E-state index in [0.717, 1.165) is 45.0 Å². The molecule has 3 heterocycles. The molecule has 3 aliphatic heterocycles. The Hall–Kier alpha value is -2.53. The molecule has 4 rings (SSSR count). The molecule has 38 heavy (non-hydrogen) atoms. The van der Waals surface area contributed by atoms with Crippen molar-refractivity contribution in [2.45, 2.75) is 51.5 Å². The molecule has 0 unspecified atom stereocenters. The molecule has 1 N–H and O–H groups in total. The summed E-state index contributed by atoms with van der Waals surface area (Å²) in [6, 6.07) is 6.15. The average Bonchev–Trinajstić information content (AvgIpc) is 3.47. The fraction of sp³-hybridized carbons (Fsp3) is 0.679. The normalized spacial score (nSPS) is 24.7. The largest absolute Gasteiger partial charge is 0.383 e. The first-order chi connectivity index (χ1) is 18.3. The summed E-state index contributed by atoms with van der Waals surface area (Å²) in [6.07, 6.45) is -0.320. The summed E-state index contributed by atoms with van der Waals surface area (Å²) in [6.45, 7) is 12.1. The summed E-state index contributed by atoms with van der Waals surface area (Å²) in [5.41, 5.74) is 1.58. The van der Waals surface area contributed by atoms with Crippen molar-refractivity contribution in [1.29, 1.82) is 0 Å². The monoisotopic (exact) mass is 530 g/mol. The van der Waals surface area contributed by atoms with Gasteiger partial charge in [0.2, 0.25) is 5.91 Å². The molecule has 1 aromatic carbocycles. The predicted molar refractivity (Wildman–Crippen MR) is 143 cm³/mol. The van der Waals surface area contributed by atoms with Gasteiger partial charge in [-0.3, -0.25) is 19.3 Å². The Morgan fingerprint density at radius 3 is 2.47 bits per heavy atom. The topological polar surface area (TPSA) is 101 Å². The molecule has 10 nitrogen and oxygen atoms in total. The van der Waals surface area contributed by atoms with Gasteiger partial charge in [0.05, 0.1) is 13.2 Å². The number of ether oxygens (including phenoxy) is 3. The Bertz CT molecular complexity index is 963. The molecule has 210 valence electrons. The lowest BCUT2D eigenvalue weighted by molar-refractivity contribution is -0.138. The van der Waals surface area contributed by atoms with E-state index < -0.39 is 18.2 Å². The van der Waals surface area contributed by atoms with Crippen molar-refractivity contribution in [3.8, 4) is 0 Å². The maximum atomic E-state index is 13.7. The van der Waals surface area contributed by atoms with E-state index >= 15 is 0 Å². The Kier molecular flexibility index (Phi) is 9.75. The lowest BCUT2D eigenvalue weighted by Crippen LogP contribution is -2.52. The number of piperazine rings is 1. The number of anilines is 1. The van der Waals surface area contributed by atoms with Crippen LogP contribution in [0.15, 0.2) is 24.3 Å². The summed E-state index contributed by atoms with van der Waals surface area (Å²) in [5.74, 6) is -0.502. The van der Waals surface area contributed by atoms with E-state index in [1.165, 1.54) is 0 Å². The van der Waals surface area contributed by atoms with Gasteiger partial charge in [0.25, 0.3) is 5.91 Å². The molecule has 1 aromatic rings. The second-order valence-corrected chi connectivity index (χ2v) is 10.7. The van der Waals surface area contributed by atoms with Crippen molar-refractivity contribution in [3.63, 3.8) is 0 Å². The maximum absolute atomic E-state index is 13.7. The number of Topliss-reactive ketones (excluding diaryl/α,β-unsaturated/α-hetero) is 1. The summed E-state index contributed by atoms with van der Waals surface area (Å²) in [7, 11) is 1.72. The molecule has 3 aliphatic rings. The van der Waals surface area contributed by atoms with Gasteiger partial charge in [-0.1, -0.05) is 13.8 Å². The van der Waals surface area contributed by atoms with Crippen LogP contribution in [0.3, 0.4) is 0 Å². The third-order valence-electron chi connectivity index (χ3n) is 7.59. The minimum absolute atomic E-state index is 0.0154. The number of methoxy groups -OCH3 is 1. The van der Waals surface area contributed by atoms with E-state index in [2.05, 4.69) is 15.1 Å². The molecule has 2 amide bonds. The second kappa shape index (κ2) is 13.0. The van der Waals surface area contributed by atoms with Gasteiger partial charge in [-0.25, -0.2) is 0 Å². The molecule has 0 saturated carbocycles. The van der Waals surface area contributed by atoms with Gasteiger partial charge >= 0.3 is 0 Å². The minimum atomic E-state index is -0.739. The quantitative estimate of drug-likeness (QED) is 0.455. The number of hydrogen-bond donors (Lipinski definition) is 1. The van der Waals surface area contributed by atoms with Crippen LogP contribution in [0.4, 0.5) is 5.69 Å². The smallest absolute Gasteiger partial charge is 0.251 e. The van der Waals surface area contributed by atoms with Crippen LogP contribution in [-0.2, 0) is 23.8 Å². The van der Waals surface area contributed by atoms with Crippen molar-refractivity contribution < 1.29 is 28.6 Å². The van der Waals surface area contributed by atoms with Crippen molar-refractivity contribution in [2.75, 3.05) is 71.1 Å². The first kappa shape index (κ1) is 28.5. The maximum Gasteiger partial charge on any atom is 0.251 e. The van der Waals surface area contributed by atoms with Crippen LogP contribution in [-0.4, -0.2) is 118 Å². The van der Waals surface area contributed by atoms with Crippen LogP contribution < -0.4 is 10.2 Å². The zero-order chi connectivity index (χ0) is 27.2. The molecule has 3 saturated heterocycles. The highest BCUT2D eigenvalue weighted by Gasteiger charge is 2.53. The van der Waals surface area contributed by atoms with Gasteiger partial charge in [0, 0.05) is 57.7 Å². The summed E-state index contributed by atoms with van der Waals surface area (Å²) >= 11 is 0. The van der Waals surface area contributed by atoms with Gasteiger partial charge in [-0.15, -0.1) is 0 Å². The van der Waals surface area contributed by atoms with Crippen molar-refractivity contribution in [3.05, 3.63) is 29.8 Å². The van der Waals surface area contributed by atoms with E-state index in [0.29, 0.717) is 18.6 Å². The Labute approximate surface area is 225 Å². The molecule has 10 heteroatoms. The molecule has 0 spiro atoms. The number of rotatable bonds is 11. The molecule has 3 fully saturated rings. The first-order valence-electron chi connectivity index (χ1n) is 13.8. The van der Waals surface area contributed by atoms with Crippen LogP contribution in [0, 0.1) is 5.92 Å². The minimum Gasteiger partial charge on any atom is -0.383 e. The fourth-order valence-electron chi connectivity index (χ4n) is 5.61. The highest BCUT2D eigenvalue weighted by Crippen LogP contribution is 2.30. The standard InChI is InChI=1S/C28H42N4O6/c1-5-37-24-17-32(25-23(33)18-38-26(24)25)28(35)22(16-19(2)3)29-27(34)20-6-8-21(9-7-20)31-12-10-30(11-13-31)14-15-36-4/h6-9,19,22,24-26H,5,10-18H2,1-4H3,(H,29,34)/t22-,24-,25+,26+/m0/s1. The Balaban J connectivity index is 1.39. The van der Waals surface area contributed by atoms with Crippen LogP contribution in [0.25, 0.3) is 0 Å². The number of ketones is 1. The molecule has 0 radical (unpaired) electrons. The first-order valence-corrected chi connectivity index (χ1v) is 13.8. The number of benzene rings is 1. The van der Waals surface area contributed by atoms with Gasteiger partial charge in [0.15, 0.2) is 5.78 Å². The summed E-state index contributed by atoms with van der Waals surface area (Å²) in [5, 5.41) is 2.95. The van der Waals surface area contributed by atoms with Gasteiger partial charge in [-0.05, 0) is 43.5 Å². The number of fused-ring (bicyclic) bond motifs is 1. The highest BCUT2D eigenvalue weighted by atomic mass is 16.6. The predicted octanol–water partition coefficient (Wildman–Crippen LogP) is 1.18. The molecule has 0 aliphatic carbocycles. The highest BCUT2D eigenvalue weighted by molar-refractivity contribution is 5.99. The van der Waals surface area contributed by atoms with E-state index in [-0.39, 0.29) is 42.8 Å². The van der Waals surface area contributed by atoms with E-state index in [1.807, 2.05) is 45.0 Å². The third-order valence-corrected chi connectivity index (χ3v) is 7.59. The number of nitrogens with one attached hydrogen (secondary N) is 1. The third kappa shape index (κ3) is 6.54. The Morgan fingerprint density at radius 2 is 1.84 bits per heavy atom. The number of carbonyl (C=O) groups is 3. The number of likely N-dealkylation sites (tertiary alicyclic amines) is 1. The van der Waals surface area contributed by atoms with Crippen LogP contribution >= 0.6 is 0 Å². The zero-order valence-electron chi connectivity index (χ0n) is 23.1. The number of hydrogen-bond acceptors (Lipinski definition) is 8. The molecular weight excluding hydrogens is 488 g/mol. The molecule has 4 atom stereocenters. The summed E-state index contributed by atoms with van der Waals surface area (Å²) < 4.78 is 16.6. The van der Waals surface area contributed by atoms with Crippen molar-refractivity contribution in [1.82, 2.24) is 15.1 Å². The number of carbonyl (C=O) groups excluding carboxylic acids is 3. The van der Waals surface area contributed by atoms with Gasteiger partial charge in [-0.2, -0.15) is 0 Å². The molecular formula is C28H42N4O6. The number of nitrogens with zero attached hydrogens (tertiary/aromatic N) is 3. The van der Waals surface area contributed by atoms with E-state index in [4.69, 9.17) is 14.2 Å². The zero-order valence-corrected chi connectivity index (χ0v) is 23.1. The number of amides is 2. The van der Waals surface area contributed by atoms with Crippen LogP contribution in [0.1, 0.15) is 37.6 Å². The molecule has 0 bridgehead atoms. The van der Waals surface area contributed by atoms with E-state index in [1.54, 1.807) is 12.0 Å².